The topological polar surface area (TPSA) is 75.8 Å². The number of morpholine rings is 1. The lowest BCUT2D eigenvalue weighted by Crippen LogP contribution is -2.49. The van der Waals surface area contributed by atoms with Crippen LogP contribution < -0.4 is 0 Å². The van der Waals surface area contributed by atoms with Gasteiger partial charge < -0.3 is 14.3 Å². The second-order valence-electron chi connectivity index (χ2n) is 4.91. The zero-order valence-corrected chi connectivity index (χ0v) is 11.4. The Morgan fingerprint density at radius 2 is 2.19 bits per heavy atom. The van der Waals surface area contributed by atoms with Crippen molar-refractivity contribution in [2.45, 2.75) is 12.6 Å². The minimum absolute atomic E-state index is 0.207. The molecule has 6 nitrogen and oxygen atoms in total. The van der Waals surface area contributed by atoms with Crippen LogP contribution in [0.5, 0.6) is 0 Å². The lowest BCUT2D eigenvalue weighted by molar-refractivity contribution is -0.150. The number of aromatic nitrogens is 1. The molecule has 1 fully saturated rings. The van der Waals surface area contributed by atoms with E-state index in [0.29, 0.717) is 25.6 Å². The third-order valence-corrected chi connectivity index (χ3v) is 3.46. The summed E-state index contributed by atoms with van der Waals surface area (Å²) in [5.41, 5.74) is 1.63. The summed E-state index contributed by atoms with van der Waals surface area (Å²) in [6.07, 6.45) is 1.58. The maximum atomic E-state index is 11.2. The minimum Gasteiger partial charge on any atom is -0.480 e. The Balaban J connectivity index is 1.73. The van der Waals surface area contributed by atoms with Gasteiger partial charge in [0.05, 0.1) is 18.9 Å². The number of carbonyl (C=O) groups is 1. The number of hydrogen-bond donors (Lipinski definition) is 1. The summed E-state index contributed by atoms with van der Waals surface area (Å²) in [7, 11) is 0. The van der Waals surface area contributed by atoms with Gasteiger partial charge >= 0.3 is 5.97 Å². The van der Waals surface area contributed by atoms with Crippen LogP contribution >= 0.6 is 0 Å². The van der Waals surface area contributed by atoms with Gasteiger partial charge in [0.15, 0.2) is 0 Å². The van der Waals surface area contributed by atoms with E-state index in [-0.39, 0.29) is 6.61 Å². The van der Waals surface area contributed by atoms with Gasteiger partial charge in [-0.15, -0.1) is 0 Å². The van der Waals surface area contributed by atoms with Crippen molar-refractivity contribution in [3.63, 3.8) is 0 Å². The Morgan fingerprint density at radius 3 is 2.95 bits per heavy atom. The SMILES string of the molecule is O=C(O)C1COCCN1Cc1coc(-c2ccccc2)n1. The third-order valence-electron chi connectivity index (χ3n) is 3.46. The highest BCUT2D eigenvalue weighted by Crippen LogP contribution is 2.19. The summed E-state index contributed by atoms with van der Waals surface area (Å²) in [5.74, 6) is -0.327. The number of rotatable bonds is 4. The molecule has 1 atom stereocenters. The van der Waals surface area contributed by atoms with E-state index in [9.17, 15) is 9.90 Å². The van der Waals surface area contributed by atoms with Gasteiger partial charge in [0.25, 0.3) is 0 Å². The summed E-state index contributed by atoms with van der Waals surface area (Å²) >= 11 is 0. The van der Waals surface area contributed by atoms with Crippen LogP contribution in [0, 0.1) is 0 Å². The molecule has 0 aliphatic carbocycles. The molecule has 1 saturated heterocycles. The molecule has 1 aromatic heterocycles. The fourth-order valence-electron chi connectivity index (χ4n) is 2.36. The average Bonchev–Trinajstić information content (AvgIpc) is 2.97. The van der Waals surface area contributed by atoms with Crippen molar-refractivity contribution in [1.82, 2.24) is 9.88 Å². The first kappa shape index (κ1) is 13.8. The van der Waals surface area contributed by atoms with E-state index < -0.39 is 12.0 Å². The molecule has 1 aromatic carbocycles. The van der Waals surface area contributed by atoms with Gasteiger partial charge in [0.2, 0.25) is 5.89 Å². The van der Waals surface area contributed by atoms with Gasteiger partial charge in [-0.1, -0.05) is 18.2 Å². The Bertz CT molecular complexity index is 611. The van der Waals surface area contributed by atoms with Crippen LogP contribution in [0.1, 0.15) is 5.69 Å². The maximum absolute atomic E-state index is 11.2. The maximum Gasteiger partial charge on any atom is 0.323 e. The van der Waals surface area contributed by atoms with Gasteiger partial charge in [-0.25, -0.2) is 4.98 Å². The number of hydrogen-bond acceptors (Lipinski definition) is 5. The van der Waals surface area contributed by atoms with Crippen LogP contribution in [0.2, 0.25) is 0 Å². The summed E-state index contributed by atoms with van der Waals surface area (Å²) in [5, 5.41) is 9.20. The molecule has 1 unspecified atom stereocenters. The average molecular weight is 288 g/mol. The molecule has 1 N–H and O–H groups in total. The van der Waals surface area contributed by atoms with Crippen molar-refractivity contribution < 1.29 is 19.1 Å². The van der Waals surface area contributed by atoms with E-state index in [0.717, 1.165) is 11.3 Å². The number of carboxylic acids is 1. The van der Waals surface area contributed by atoms with Crippen molar-refractivity contribution in [1.29, 1.82) is 0 Å². The smallest absolute Gasteiger partial charge is 0.323 e. The fourth-order valence-corrected chi connectivity index (χ4v) is 2.36. The van der Waals surface area contributed by atoms with Crippen LogP contribution in [0.4, 0.5) is 0 Å². The molecule has 110 valence electrons. The summed E-state index contributed by atoms with van der Waals surface area (Å²) < 4.78 is 10.7. The molecule has 2 heterocycles. The van der Waals surface area contributed by atoms with Crippen molar-refractivity contribution in [2.75, 3.05) is 19.8 Å². The fraction of sp³-hybridized carbons (Fsp3) is 0.333. The second kappa shape index (κ2) is 6.07. The van der Waals surface area contributed by atoms with Gasteiger partial charge in [-0.05, 0) is 12.1 Å². The molecule has 0 spiro atoms. The Morgan fingerprint density at radius 1 is 1.38 bits per heavy atom. The van der Waals surface area contributed by atoms with Gasteiger partial charge in [-0.2, -0.15) is 0 Å². The molecule has 0 bridgehead atoms. The molecule has 6 heteroatoms. The number of ether oxygens (including phenoxy) is 1. The second-order valence-corrected chi connectivity index (χ2v) is 4.91. The van der Waals surface area contributed by atoms with Crippen molar-refractivity contribution in [3.05, 3.63) is 42.3 Å². The molecule has 0 amide bonds. The highest BCUT2D eigenvalue weighted by molar-refractivity contribution is 5.73. The van der Waals surface area contributed by atoms with Crippen LogP contribution in [0.3, 0.4) is 0 Å². The van der Waals surface area contributed by atoms with Crippen molar-refractivity contribution in [3.8, 4) is 11.5 Å². The monoisotopic (exact) mass is 288 g/mol. The molecule has 0 saturated carbocycles. The van der Waals surface area contributed by atoms with Gasteiger partial charge in [-0.3, -0.25) is 9.69 Å². The molecule has 1 aliphatic heterocycles. The lowest BCUT2D eigenvalue weighted by atomic mass is 10.2. The predicted octanol–water partition coefficient (Wildman–Crippen LogP) is 1.63. The first-order valence-corrected chi connectivity index (χ1v) is 6.78. The van der Waals surface area contributed by atoms with Gasteiger partial charge in [0.1, 0.15) is 12.3 Å². The minimum atomic E-state index is -0.874. The largest absolute Gasteiger partial charge is 0.480 e. The highest BCUT2D eigenvalue weighted by atomic mass is 16.5. The van der Waals surface area contributed by atoms with Crippen LogP contribution in [0.25, 0.3) is 11.5 Å². The molecule has 0 radical (unpaired) electrons. The Hall–Kier alpha value is -2.18. The number of nitrogens with zero attached hydrogens (tertiary/aromatic N) is 2. The molecular weight excluding hydrogens is 272 g/mol. The third kappa shape index (κ3) is 3.12. The van der Waals surface area contributed by atoms with Crippen molar-refractivity contribution >= 4 is 5.97 Å². The first-order chi connectivity index (χ1) is 10.2. The van der Waals surface area contributed by atoms with E-state index in [1.54, 1.807) is 6.26 Å². The standard InChI is InChI=1S/C15H16N2O4/c18-15(19)13-10-20-7-6-17(13)8-12-9-21-14(16-12)11-4-2-1-3-5-11/h1-5,9,13H,6-8,10H2,(H,18,19). The van der Waals surface area contributed by atoms with E-state index in [1.165, 1.54) is 0 Å². The van der Waals surface area contributed by atoms with Crippen LogP contribution in [-0.2, 0) is 16.1 Å². The number of oxazole rings is 1. The molecule has 3 rings (SSSR count). The zero-order chi connectivity index (χ0) is 14.7. The van der Waals surface area contributed by atoms with E-state index in [2.05, 4.69) is 4.98 Å². The summed E-state index contributed by atoms with van der Waals surface area (Å²) in [4.78, 5) is 17.5. The van der Waals surface area contributed by atoms with Crippen molar-refractivity contribution in [2.24, 2.45) is 0 Å². The molecule has 2 aromatic rings. The van der Waals surface area contributed by atoms with E-state index in [1.807, 2.05) is 35.2 Å². The normalized spacial score (nSPS) is 19.5. The zero-order valence-electron chi connectivity index (χ0n) is 11.4. The quantitative estimate of drug-likeness (QED) is 0.921. The van der Waals surface area contributed by atoms with E-state index in [4.69, 9.17) is 9.15 Å². The number of carboxylic acid groups (broad SMARTS) is 1. The van der Waals surface area contributed by atoms with Gasteiger partial charge in [0, 0.05) is 18.7 Å². The molecule has 1 aliphatic rings. The van der Waals surface area contributed by atoms with Crippen LogP contribution in [0.15, 0.2) is 41.0 Å². The highest BCUT2D eigenvalue weighted by Gasteiger charge is 2.29. The van der Waals surface area contributed by atoms with Crippen LogP contribution in [-0.4, -0.2) is 46.8 Å². The lowest BCUT2D eigenvalue weighted by Gasteiger charge is -2.31. The summed E-state index contributed by atoms with van der Waals surface area (Å²) in [6.45, 7) is 1.76. The molecule has 21 heavy (non-hydrogen) atoms. The number of aliphatic carboxylic acids is 1. The number of benzene rings is 1. The first-order valence-electron chi connectivity index (χ1n) is 6.78. The van der Waals surface area contributed by atoms with E-state index >= 15 is 0 Å². The summed E-state index contributed by atoms with van der Waals surface area (Å²) in [6, 6.07) is 8.98. The Kier molecular flexibility index (Phi) is 3.98. The Labute approximate surface area is 122 Å². The predicted molar refractivity (Wildman–Crippen MR) is 74.6 cm³/mol. The molecular formula is C15H16N2O4.